The summed E-state index contributed by atoms with van der Waals surface area (Å²) in [6.07, 6.45) is 0. The number of rotatable bonds is 11. The second-order valence-electron chi connectivity index (χ2n) is 21.5. The van der Waals surface area contributed by atoms with Gasteiger partial charge in [0.1, 0.15) is 0 Å². The van der Waals surface area contributed by atoms with Crippen LogP contribution in [0.15, 0.2) is 158 Å². The fourth-order valence-electron chi connectivity index (χ4n) is 8.72. The van der Waals surface area contributed by atoms with Gasteiger partial charge in [-0.15, -0.1) is 0 Å². The summed E-state index contributed by atoms with van der Waals surface area (Å²) in [7, 11) is -1.75. The van der Waals surface area contributed by atoms with Crippen molar-refractivity contribution in [2.45, 2.75) is 130 Å². The summed E-state index contributed by atoms with van der Waals surface area (Å²) in [4.78, 5) is 0. The van der Waals surface area contributed by atoms with E-state index in [0.29, 0.717) is 11.8 Å². The van der Waals surface area contributed by atoms with E-state index >= 15 is 0 Å². The van der Waals surface area contributed by atoms with Crippen molar-refractivity contribution >= 4 is 37.1 Å². The Balaban J connectivity index is 1.68. The van der Waals surface area contributed by atoms with Crippen molar-refractivity contribution in [3.05, 3.63) is 191 Å². The van der Waals surface area contributed by atoms with Crippen molar-refractivity contribution < 1.29 is 0 Å². The van der Waals surface area contributed by atoms with Gasteiger partial charge in [-0.1, -0.05) is 255 Å². The summed E-state index contributed by atoms with van der Waals surface area (Å²) < 4.78 is 0. The Kier molecular flexibility index (Phi) is 13.9. The first kappa shape index (κ1) is 45.7. The highest BCUT2D eigenvalue weighted by atomic mass is 31.1. The summed E-state index contributed by atoms with van der Waals surface area (Å²) in [5.74, 6) is 0.669. The largest absolute Gasteiger partial charge is 0.0624 e. The van der Waals surface area contributed by atoms with E-state index in [9.17, 15) is 0 Å². The standard InChI is InChI=1S/C58H72P2/c1-41(2)52(53(42-21-17-15-18-22-42)59(48-33-25-44(26-34-48)55(3,4)5)49-35-27-45(28-36-49)56(6,7)8)54(43-23-19-16-20-24-43)60(50-37-29-46(30-38-50)57(9,10)11)51-39-31-47(32-40-51)58(12,13)14/h15-41,52-54H,1-14H3. The molecule has 0 amide bonds. The molecule has 60 heavy (non-hydrogen) atoms. The van der Waals surface area contributed by atoms with E-state index in [4.69, 9.17) is 0 Å². The molecule has 0 nitrogen and oxygen atoms in total. The van der Waals surface area contributed by atoms with Gasteiger partial charge in [-0.2, -0.15) is 0 Å². The first-order chi connectivity index (χ1) is 28.1. The summed E-state index contributed by atoms with van der Waals surface area (Å²) in [6, 6.07) is 62.4. The minimum absolute atomic E-state index is 0.0776. The highest BCUT2D eigenvalue weighted by Gasteiger charge is 2.44. The van der Waals surface area contributed by atoms with Crippen molar-refractivity contribution in [2.24, 2.45) is 11.8 Å². The molecule has 2 atom stereocenters. The topological polar surface area (TPSA) is 0 Å². The molecule has 0 saturated carbocycles. The highest BCUT2D eigenvalue weighted by molar-refractivity contribution is 7.74. The normalized spacial score (nSPS) is 14.4. The first-order valence-electron chi connectivity index (χ1n) is 22.2. The molecule has 0 N–H and O–H groups in total. The number of benzene rings is 6. The minimum Gasteiger partial charge on any atom is -0.0624 e. The van der Waals surface area contributed by atoms with Gasteiger partial charge in [0.15, 0.2) is 0 Å². The molecule has 6 aromatic carbocycles. The lowest BCUT2D eigenvalue weighted by molar-refractivity contribution is 0.362. The Morgan fingerprint density at radius 1 is 0.300 bits per heavy atom. The van der Waals surface area contributed by atoms with E-state index in [1.54, 1.807) is 0 Å². The predicted octanol–water partition coefficient (Wildman–Crippen LogP) is 15.2. The Morgan fingerprint density at radius 3 is 0.700 bits per heavy atom. The van der Waals surface area contributed by atoms with E-state index in [2.05, 4.69) is 255 Å². The van der Waals surface area contributed by atoms with Crippen LogP contribution in [0.4, 0.5) is 0 Å². The zero-order valence-electron chi connectivity index (χ0n) is 39.2. The Labute approximate surface area is 368 Å². The lowest BCUT2D eigenvalue weighted by Crippen LogP contribution is -2.32. The van der Waals surface area contributed by atoms with Crippen molar-refractivity contribution in [1.82, 2.24) is 0 Å². The summed E-state index contributed by atoms with van der Waals surface area (Å²) in [5.41, 5.74) is 9.17. The van der Waals surface area contributed by atoms with Gasteiger partial charge in [-0.25, -0.2) is 0 Å². The lowest BCUT2D eigenvalue weighted by atomic mass is 9.83. The van der Waals surface area contributed by atoms with Crippen molar-refractivity contribution in [3.63, 3.8) is 0 Å². The van der Waals surface area contributed by atoms with Gasteiger partial charge in [-0.05, 0) is 104 Å². The second-order valence-corrected chi connectivity index (χ2v) is 26.1. The average Bonchev–Trinajstić information content (AvgIpc) is 3.20. The molecule has 0 aliphatic rings. The van der Waals surface area contributed by atoms with Crippen LogP contribution in [0.1, 0.15) is 142 Å². The predicted molar refractivity (Wildman–Crippen MR) is 270 cm³/mol. The van der Waals surface area contributed by atoms with Crippen LogP contribution in [0.5, 0.6) is 0 Å². The molecular formula is C58H72P2. The molecule has 0 aliphatic carbocycles. The molecule has 0 fully saturated rings. The third kappa shape index (κ3) is 10.6. The second kappa shape index (κ2) is 18.3. The maximum absolute atomic E-state index is 2.51. The van der Waals surface area contributed by atoms with Crippen LogP contribution in [0, 0.1) is 11.8 Å². The molecule has 0 aliphatic heterocycles. The SMILES string of the molecule is CC(C)C(C(c1ccccc1)P(c1ccc(C(C)(C)C)cc1)c1ccc(C(C)(C)C)cc1)C(c1ccccc1)P(c1ccc(C(C)(C)C)cc1)c1ccc(C(C)(C)C)cc1. The fraction of sp³-hybridized carbons (Fsp3) is 0.379. The summed E-state index contributed by atoms with van der Waals surface area (Å²) in [5, 5.41) is 5.78. The smallest absolute Gasteiger partial charge is 0.0162 e. The molecule has 0 heterocycles. The van der Waals surface area contributed by atoms with Crippen molar-refractivity contribution in [3.8, 4) is 0 Å². The van der Waals surface area contributed by atoms with Gasteiger partial charge < -0.3 is 0 Å². The van der Waals surface area contributed by atoms with Crippen LogP contribution in [0.25, 0.3) is 0 Å². The van der Waals surface area contributed by atoms with E-state index < -0.39 is 15.8 Å². The third-order valence-electron chi connectivity index (χ3n) is 12.4. The van der Waals surface area contributed by atoms with Crippen LogP contribution in [-0.2, 0) is 21.7 Å². The van der Waals surface area contributed by atoms with Gasteiger partial charge in [0.05, 0.1) is 0 Å². The van der Waals surface area contributed by atoms with Gasteiger partial charge in [0.25, 0.3) is 0 Å². The van der Waals surface area contributed by atoms with E-state index in [1.807, 2.05) is 0 Å². The zero-order chi connectivity index (χ0) is 43.6. The fourth-order valence-corrected chi connectivity index (χ4v) is 15.3. The molecule has 2 unspecified atom stereocenters. The molecule has 6 aromatic rings. The van der Waals surface area contributed by atoms with E-state index in [1.165, 1.54) is 54.6 Å². The van der Waals surface area contributed by atoms with Crippen LogP contribution in [-0.4, -0.2) is 0 Å². The van der Waals surface area contributed by atoms with Crippen molar-refractivity contribution in [1.29, 1.82) is 0 Å². The quantitative estimate of drug-likeness (QED) is 0.114. The molecule has 0 saturated heterocycles. The first-order valence-corrected chi connectivity index (χ1v) is 25.1. The summed E-state index contributed by atoms with van der Waals surface area (Å²) >= 11 is 0. The van der Waals surface area contributed by atoms with Gasteiger partial charge in [0, 0.05) is 11.3 Å². The van der Waals surface area contributed by atoms with Gasteiger partial charge >= 0.3 is 0 Å². The maximum atomic E-state index is 2.51. The molecule has 0 radical (unpaired) electrons. The molecule has 0 spiro atoms. The average molecular weight is 831 g/mol. The number of hydrogen-bond donors (Lipinski definition) is 0. The molecule has 314 valence electrons. The molecular weight excluding hydrogens is 759 g/mol. The van der Waals surface area contributed by atoms with Gasteiger partial charge in [-0.3, -0.25) is 0 Å². The molecule has 6 rings (SSSR count). The Bertz CT molecular complexity index is 1960. The third-order valence-corrected chi connectivity index (χ3v) is 18.2. The lowest BCUT2D eigenvalue weighted by Gasteiger charge is -2.45. The monoisotopic (exact) mass is 831 g/mol. The Hall–Kier alpha value is -3.82. The molecule has 0 aromatic heterocycles. The molecule has 2 heteroatoms. The van der Waals surface area contributed by atoms with E-state index in [0.717, 1.165) is 0 Å². The van der Waals surface area contributed by atoms with E-state index in [-0.39, 0.29) is 33.0 Å². The number of hydrogen-bond acceptors (Lipinski definition) is 0. The van der Waals surface area contributed by atoms with Crippen LogP contribution in [0.3, 0.4) is 0 Å². The molecule has 0 bridgehead atoms. The van der Waals surface area contributed by atoms with Crippen LogP contribution in [0.2, 0.25) is 0 Å². The van der Waals surface area contributed by atoms with Gasteiger partial charge in [0.2, 0.25) is 0 Å². The summed E-state index contributed by atoms with van der Waals surface area (Å²) in [6.45, 7) is 32.9. The zero-order valence-corrected chi connectivity index (χ0v) is 41.0. The highest BCUT2D eigenvalue weighted by Crippen LogP contribution is 2.65. The maximum Gasteiger partial charge on any atom is 0.0162 e. The Morgan fingerprint density at radius 2 is 0.517 bits per heavy atom. The van der Waals surface area contributed by atoms with Crippen LogP contribution >= 0.6 is 15.8 Å². The van der Waals surface area contributed by atoms with Crippen LogP contribution < -0.4 is 21.2 Å². The van der Waals surface area contributed by atoms with Crippen molar-refractivity contribution in [2.75, 3.05) is 0 Å². The minimum atomic E-state index is -0.875.